The first-order chi connectivity index (χ1) is 41.5. The highest BCUT2D eigenvalue weighted by Gasteiger charge is 2.30. The van der Waals surface area contributed by atoms with Gasteiger partial charge in [-0.25, -0.2) is 9.13 Å². The molecule has 0 aromatic carbocycles. The number of carbonyl (C=O) groups excluding carboxylic acids is 4. The molecular weight excluding hydrogens is 1140 g/mol. The zero-order valence-corrected chi connectivity index (χ0v) is 57.2. The lowest BCUT2D eigenvalue weighted by molar-refractivity contribution is -0.161. The van der Waals surface area contributed by atoms with Gasteiger partial charge in [-0.1, -0.05) is 291 Å². The van der Waals surface area contributed by atoms with Crippen LogP contribution in [-0.4, -0.2) is 96.7 Å². The fraction of sp³-hybridized carbons (Fsp3) is 0.940. The average molecular weight is 1270 g/mol. The largest absolute Gasteiger partial charge is 0.472 e. The van der Waals surface area contributed by atoms with Gasteiger partial charge >= 0.3 is 39.5 Å². The lowest BCUT2D eigenvalue weighted by atomic mass is 10.0. The Kier molecular flexibility index (Phi) is 59.2. The molecule has 0 heterocycles. The van der Waals surface area contributed by atoms with Crippen LogP contribution in [0.1, 0.15) is 343 Å². The Hall–Kier alpha value is -1.94. The zero-order valence-electron chi connectivity index (χ0n) is 55.4. The molecule has 0 aromatic rings. The summed E-state index contributed by atoms with van der Waals surface area (Å²) in [5.74, 6) is -1.44. The van der Waals surface area contributed by atoms with Crippen LogP contribution in [0.15, 0.2) is 0 Å². The normalized spacial score (nSPS) is 14.2. The van der Waals surface area contributed by atoms with Gasteiger partial charge in [0.05, 0.1) is 26.4 Å². The monoisotopic (exact) mass is 1270 g/mol. The van der Waals surface area contributed by atoms with Gasteiger partial charge in [-0.05, 0) is 31.6 Å². The van der Waals surface area contributed by atoms with E-state index in [1.807, 2.05) is 0 Å². The molecule has 0 amide bonds. The number of aliphatic hydroxyl groups is 1. The molecule has 0 aromatic heterocycles. The van der Waals surface area contributed by atoms with Crippen molar-refractivity contribution in [1.82, 2.24) is 0 Å². The Morgan fingerprint density at radius 2 is 0.535 bits per heavy atom. The van der Waals surface area contributed by atoms with Crippen LogP contribution in [0.5, 0.6) is 0 Å². The molecule has 0 saturated carbocycles. The average Bonchev–Trinajstić information content (AvgIpc) is 3.67. The van der Waals surface area contributed by atoms with E-state index in [1.54, 1.807) is 0 Å². The number of rotatable bonds is 67. The Labute approximate surface area is 524 Å². The highest BCUT2D eigenvalue weighted by molar-refractivity contribution is 7.47. The van der Waals surface area contributed by atoms with Crippen molar-refractivity contribution in [2.75, 3.05) is 39.6 Å². The standard InChI is InChI=1S/C67H130O17P2/c1-6-9-12-15-18-20-22-23-24-25-26-27-28-30-32-37-42-47-52-66(71)83-63(57-78-65(70)51-46-41-36-31-29-21-19-16-13-10-7-2)59-82-86(75,76)80-55-61(68)54-79-85(73,74)81-58-62(56-77-64(69)50-45-40-34-17-14-11-8-3)84-67(72)53-48-43-38-33-35-39-44-49-60(4)5/h60-63,68H,6-59H2,1-5H3,(H,73,74)(H,75,76)/t61-,62+,63+/m0/s1. The van der Waals surface area contributed by atoms with Gasteiger partial charge < -0.3 is 33.8 Å². The molecule has 17 nitrogen and oxygen atoms in total. The third-order valence-electron chi connectivity index (χ3n) is 15.5. The third-order valence-corrected chi connectivity index (χ3v) is 17.4. The number of hydrogen-bond donors (Lipinski definition) is 3. The highest BCUT2D eigenvalue weighted by Crippen LogP contribution is 2.45. The van der Waals surface area contributed by atoms with Crippen LogP contribution < -0.4 is 0 Å². The Bertz CT molecular complexity index is 1670. The zero-order chi connectivity index (χ0) is 63.5. The van der Waals surface area contributed by atoms with Gasteiger partial charge in [0, 0.05) is 25.7 Å². The quantitative estimate of drug-likeness (QED) is 0.0222. The summed E-state index contributed by atoms with van der Waals surface area (Å²) in [5.41, 5.74) is 0. The first-order valence-corrected chi connectivity index (χ1v) is 38.1. The molecule has 0 fully saturated rings. The predicted octanol–water partition coefficient (Wildman–Crippen LogP) is 19.0. The van der Waals surface area contributed by atoms with Crippen LogP contribution in [0.4, 0.5) is 0 Å². The molecule has 510 valence electrons. The molecule has 0 saturated heterocycles. The van der Waals surface area contributed by atoms with Crippen molar-refractivity contribution in [3.63, 3.8) is 0 Å². The number of hydrogen-bond acceptors (Lipinski definition) is 15. The summed E-state index contributed by atoms with van der Waals surface area (Å²) in [4.78, 5) is 72.2. The van der Waals surface area contributed by atoms with E-state index in [9.17, 15) is 43.2 Å². The van der Waals surface area contributed by atoms with E-state index < -0.39 is 97.5 Å². The summed E-state index contributed by atoms with van der Waals surface area (Å²) in [7, 11) is -9.89. The molecule has 3 N–H and O–H groups in total. The minimum atomic E-state index is -4.95. The Morgan fingerprint density at radius 3 is 0.791 bits per heavy atom. The van der Waals surface area contributed by atoms with E-state index in [0.29, 0.717) is 31.6 Å². The number of phosphoric acid groups is 2. The minimum Gasteiger partial charge on any atom is -0.462 e. The van der Waals surface area contributed by atoms with Crippen LogP contribution in [0, 0.1) is 5.92 Å². The second-order valence-corrected chi connectivity index (χ2v) is 27.6. The number of phosphoric ester groups is 2. The van der Waals surface area contributed by atoms with Crippen molar-refractivity contribution in [2.24, 2.45) is 5.92 Å². The molecular formula is C67H130O17P2. The molecule has 19 heteroatoms. The lowest BCUT2D eigenvalue weighted by Crippen LogP contribution is -2.30. The molecule has 2 unspecified atom stereocenters. The SMILES string of the molecule is CCCCCCCCCCCCCCCCCCCCC(=O)O[C@H](COC(=O)CCCCCCCCCCCCC)COP(=O)(O)OC[C@@H](O)COP(=O)(O)OC[C@@H](COC(=O)CCCCCCCCC)OC(=O)CCCCCCCCCC(C)C. The number of unbranched alkanes of at least 4 members (excludes halogenated alkanes) is 39. The van der Waals surface area contributed by atoms with E-state index in [0.717, 1.165) is 103 Å². The summed E-state index contributed by atoms with van der Waals surface area (Å²) in [6.07, 6.45) is 46.1. The molecule has 86 heavy (non-hydrogen) atoms. The summed E-state index contributed by atoms with van der Waals surface area (Å²) < 4.78 is 68.0. The predicted molar refractivity (Wildman–Crippen MR) is 345 cm³/mol. The van der Waals surface area contributed by atoms with E-state index in [1.165, 1.54) is 154 Å². The van der Waals surface area contributed by atoms with Crippen LogP contribution in [-0.2, 0) is 65.4 Å². The topological polar surface area (TPSA) is 237 Å². The van der Waals surface area contributed by atoms with Crippen molar-refractivity contribution >= 4 is 39.5 Å². The Morgan fingerprint density at radius 1 is 0.314 bits per heavy atom. The lowest BCUT2D eigenvalue weighted by Gasteiger charge is -2.21. The Balaban J connectivity index is 5.17. The molecule has 0 radical (unpaired) electrons. The van der Waals surface area contributed by atoms with Crippen LogP contribution in [0.25, 0.3) is 0 Å². The maximum atomic E-state index is 13.0. The smallest absolute Gasteiger partial charge is 0.462 e. The van der Waals surface area contributed by atoms with Crippen molar-refractivity contribution in [1.29, 1.82) is 0 Å². The number of ether oxygens (including phenoxy) is 4. The second kappa shape index (κ2) is 60.6. The van der Waals surface area contributed by atoms with E-state index in [2.05, 4.69) is 34.6 Å². The second-order valence-electron chi connectivity index (χ2n) is 24.7. The van der Waals surface area contributed by atoms with E-state index in [4.69, 9.17) is 37.0 Å². The minimum absolute atomic E-state index is 0.103. The number of esters is 4. The summed E-state index contributed by atoms with van der Waals surface area (Å²) >= 11 is 0. The van der Waals surface area contributed by atoms with Crippen molar-refractivity contribution in [2.45, 2.75) is 361 Å². The fourth-order valence-electron chi connectivity index (χ4n) is 10.1. The van der Waals surface area contributed by atoms with Crippen LogP contribution in [0.3, 0.4) is 0 Å². The maximum absolute atomic E-state index is 13.0. The van der Waals surface area contributed by atoms with Crippen molar-refractivity contribution in [3.05, 3.63) is 0 Å². The summed E-state index contributed by atoms with van der Waals surface area (Å²) in [6, 6.07) is 0. The number of aliphatic hydroxyl groups excluding tert-OH is 1. The van der Waals surface area contributed by atoms with Crippen LogP contribution >= 0.6 is 15.6 Å². The summed E-state index contributed by atoms with van der Waals surface area (Å²) in [6.45, 7) is 7.11. The van der Waals surface area contributed by atoms with Gasteiger partial charge in [-0.3, -0.25) is 37.3 Å². The third kappa shape index (κ3) is 60.9. The first kappa shape index (κ1) is 84.1. The van der Waals surface area contributed by atoms with Gasteiger partial charge in [0.1, 0.15) is 19.3 Å². The fourth-order valence-corrected chi connectivity index (χ4v) is 11.7. The van der Waals surface area contributed by atoms with E-state index >= 15 is 0 Å². The molecule has 0 aliphatic rings. The molecule has 5 atom stereocenters. The summed E-state index contributed by atoms with van der Waals surface area (Å²) in [5, 5.41) is 10.5. The van der Waals surface area contributed by atoms with Crippen molar-refractivity contribution in [3.8, 4) is 0 Å². The van der Waals surface area contributed by atoms with Gasteiger partial charge in [-0.15, -0.1) is 0 Å². The van der Waals surface area contributed by atoms with Gasteiger partial charge in [0.15, 0.2) is 12.2 Å². The highest BCUT2D eigenvalue weighted by atomic mass is 31.2. The number of carbonyl (C=O) groups is 4. The maximum Gasteiger partial charge on any atom is 0.472 e. The molecule has 0 rings (SSSR count). The van der Waals surface area contributed by atoms with Crippen LogP contribution in [0.2, 0.25) is 0 Å². The molecule has 0 spiro atoms. The van der Waals surface area contributed by atoms with Gasteiger partial charge in [0.2, 0.25) is 0 Å². The van der Waals surface area contributed by atoms with Gasteiger partial charge in [0.25, 0.3) is 0 Å². The first-order valence-electron chi connectivity index (χ1n) is 35.1. The molecule has 0 bridgehead atoms. The molecule has 0 aliphatic heterocycles. The molecule has 0 aliphatic carbocycles. The van der Waals surface area contributed by atoms with Gasteiger partial charge in [-0.2, -0.15) is 0 Å². The van der Waals surface area contributed by atoms with Crippen molar-refractivity contribution < 1.29 is 80.2 Å². The van der Waals surface area contributed by atoms with E-state index in [-0.39, 0.29) is 25.7 Å².